The SMILES string of the molecule is CC(O)(Cc1cccc(F)c1)c1ccoc1. The van der Waals surface area contributed by atoms with Crippen LogP contribution in [0.5, 0.6) is 0 Å². The van der Waals surface area contributed by atoms with Gasteiger partial charge in [-0.25, -0.2) is 4.39 Å². The highest BCUT2D eigenvalue weighted by atomic mass is 19.1. The number of furan rings is 1. The molecule has 0 bridgehead atoms. The molecule has 0 fully saturated rings. The molecule has 0 aliphatic heterocycles. The lowest BCUT2D eigenvalue weighted by atomic mass is 9.91. The Balaban J connectivity index is 2.21. The monoisotopic (exact) mass is 220 g/mol. The van der Waals surface area contributed by atoms with Gasteiger partial charge in [0.2, 0.25) is 0 Å². The molecule has 0 saturated heterocycles. The predicted octanol–water partition coefficient (Wildman–Crippen LogP) is 2.87. The van der Waals surface area contributed by atoms with Crippen LogP contribution in [0.2, 0.25) is 0 Å². The number of benzene rings is 1. The first-order valence-electron chi connectivity index (χ1n) is 5.07. The lowest BCUT2D eigenvalue weighted by Crippen LogP contribution is -2.23. The Kier molecular flexibility index (Phi) is 2.79. The molecule has 1 aromatic carbocycles. The topological polar surface area (TPSA) is 33.4 Å². The molecule has 1 heterocycles. The molecular weight excluding hydrogens is 207 g/mol. The quantitative estimate of drug-likeness (QED) is 0.862. The van der Waals surface area contributed by atoms with E-state index in [4.69, 9.17) is 4.42 Å². The molecule has 0 saturated carbocycles. The van der Waals surface area contributed by atoms with Crippen molar-refractivity contribution < 1.29 is 13.9 Å². The van der Waals surface area contributed by atoms with Crippen LogP contribution in [0.3, 0.4) is 0 Å². The van der Waals surface area contributed by atoms with Crippen molar-refractivity contribution in [1.82, 2.24) is 0 Å². The normalized spacial score (nSPS) is 14.7. The van der Waals surface area contributed by atoms with Gasteiger partial charge in [0.1, 0.15) is 5.82 Å². The van der Waals surface area contributed by atoms with Crippen molar-refractivity contribution in [1.29, 1.82) is 0 Å². The molecule has 1 N–H and O–H groups in total. The summed E-state index contributed by atoms with van der Waals surface area (Å²) in [5, 5.41) is 10.2. The molecule has 84 valence electrons. The van der Waals surface area contributed by atoms with Crippen LogP contribution in [-0.2, 0) is 12.0 Å². The fourth-order valence-electron chi connectivity index (χ4n) is 1.72. The number of hydrogen-bond acceptors (Lipinski definition) is 2. The summed E-state index contributed by atoms with van der Waals surface area (Å²) in [6.45, 7) is 1.68. The van der Waals surface area contributed by atoms with Gasteiger partial charge in [0.15, 0.2) is 0 Å². The summed E-state index contributed by atoms with van der Waals surface area (Å²) in [4.78, 5) is 0. The van der Waals surface area contributed by atoms with E-state index < -0.39 is 5.60 Å². The smallest absolute Gasteiger partial charge is 0.123 e. The van der Waals surface area contributed by atoms with Crippen LogP contribution in [0, 0.1) is 5.82 Å². The zero-order valence-electron chi connectivity index (χ0n) is 8.98. The van der Waals surface area contributed by atoms with E-state index in [1.165, 1.54) is 24.7 Å². The first-order chi connectivity index (χ1) is 7.58. The van der Waals surface area contributed by atoms with Crippen LogP contribution >= 0.6 is 0 Å². The van der Waals surface area contributed by atoms with Crippen molar-refractivity contribution in [3.63, 3.8) is 0 Å². The van der Waals surface area contributed by atoms with E-state index in [-0.39, 0.29) is 5.82 Å². The lowest BCUT2D eigenvalue weighted by Gasteiger charge is -2.21. The summed E-state index contributed by atoms with van der Waals surface area (Å²) in [6, 6.07) is 7.94. The molecule has 2 rings (SSSR count). The Hall–Kier alpha value is -1.61. The fraction of sp³-hybridized carbons (Fsp3) is 0.231. The summed E-state index contributed by atoms with van der Waals surface area (Å²) >= 11 is 0. The lowest BCUT2D eigenvalue weighted by molar-refractivity contribution is 0.0569. The van der Waals surface area contributed by atoms with Crippen molar-refractivity contribution in [3.8, 4) is 0 Å². The van der Waals surface area contributed by atoms with Crippen LogP contribution in [0.25, 0.3) is 0 Å². The molecular formula is C13H13FO2. The third-order valence-corrected chi connectivity index (χ3v) is 2.58. The zero-order valence-corrected chi connectivity index (χ0v) is 8.98. The van der Waals surface area contributed by atoms with Crippen LogP contribution in [0.4, 0.5) is 4.39 Å². The Morgan fingerprint density at radius 1 is 1.38 bits per heavy atom. The molecule has 0 radical (unpaired) electrons. The summed E-state index contributed by atoms with van der Waals surface area (Å²) in [5.41, 5.74) is 0.406. The van der Waals surface area contributed by atoms with Gasteiger partial charge in [0.25, 0.3) is 0 Å². The second kappa shape index (κ2) is 4.10. The van der Waals surface area contributed by atoms with E-state index in [0.717, 1.165) is 5.56 Å². The minimum absolute atomic E-state index is 0.291. The average molecular weight is 220 g/mol. The van der Waals surface area contributed by atoms with Crippen molar-refractivity contribution in [2.24, 2.45) is 0 Å². The minimum Gasteiger partial charge on any atom is -0.472 e. The molecule has 3 heteroatoms. The van der Waals surface area contributed by atoms with Gasteiger partial charge in [0, 0.05) is 12.0 Å². The molecule has 2 nitrogen and oxygen atoms in total. The zero-order chi connectivity index (χ0) is 11.6. The number of halogens is 1. The third kappa shape index (κ3) is 2.31. The van der Waals surface area contributed by atoms with E-state index in [1.807, 2.05) is 0 Å². The largest absolute Gasteiger partial charge is 0.472 e. The molecule has 1 unspecified atom stereocenters. The van der Waals surface area contributed by atoms with Gasteiger partial charge < -0.3 is 9.52 Å². The number of hydrogen-bond donors (Lipinski definition) is 1. The van der Waals surface area contributed by atoms with Crippen LogP contribution < -0.4 is 0 Å². The molecule has 2 aromatic rings. The number of rotatable bonds is 3. The first kappa shape index (κ1) is 10.9. The Morgan fingerprint density at radius 2 is 2.19 bits per heavy atom. The standard InChI is InChI=1S/C13H13FO2/c1-13(15,11-5-6-16-9-11)8-10-3-2-4-12(14)7-10/h2-7,9,15H,8H2,1H3. The molecule has 16 heavy (non-hydrogen) atoms. The summed E-state index contributed by atoms with van der Waals surface area (Å²) in [5.74, 6) is -0.291. The number of aliphatic hydroxyl groups is 1. The Bertz CT molecular complexity index is 461. The van der Waals surface area contributed by atoms with Gasteiger partial charge in [-0.15, -0.1) is 0 Å². The Morgan fingerprint density at radius 3 is 2.81 bits per heavy atom. The Labute approximate surface area is 93.3 Å². The second-order valence-corrected chi connectivity index (χ2v) is 4.09. The van der Waals surface area contributed by atoms with Gasteiger partial charge in [-0.05, 0) is 30.7 Å². The van der Waals surface area contributed by atoms with E-state index >= 15 is 0 Å². The summed E-state index contributed by atoms with van der Waals surface area (Å²) in [6.07, 6.45) is 3.36. The average Bonchev–Trinajstić information content (AvgIpc) is 2.69. The molecule has 0 aliphatic rings. The van der Waals surface area contributed by atoms with Gasteiger partial charge in [-0.2, -0.15) is 0 Å². The third-order valence-electron chi connectivity index (χ3n) is 2.58. The molecule has 0 aliphatic carbocycles. The maximum absolute atomic E-state index is 13.0. The summed E-state index contributed by atoms with van der Waals surface area (Å²) in [7, 11) is 0. The van der Waals surface area contributed by atoms with Crippen molar-refractivity contribution in [2.45, 2.75) is 18.9 Å². The highest BCUT2D eigenvalue weighted by molar-refractivity contribution is 5.23. The molecule has 1 atom stereocenters. The highest BCUT2D eigenvalue weighted by Gasteiger charge is 2.24. The second-order valence-electron chi connectivity index (χ2n) is 4.09. The van der Waals surface area contributed by atoms with Crippen LogP contribution in [0.15, 0.2) is 47.3 Å². The van der Waals surface area contributed by atoms with E-state index in [1.54, 1.807) is 25.1 Å². The predicted molar refractivity (Wildman–Crippen MR) is 58.4 cm³/mol. The van der Waals surface area contributed by atoms with Gasteiger partial charge in [-0.1, -0.05) is 12.1 Å². The maximum Gasteiger partial charge on any atom is 0.123 e. The highest BCUT2D eigenvalue weighted by Crippen LogP contribution is 2.25. The van der Waals surface area contributed by atoms with Gasteiger partial charge in [-0.3, -0.25) is 0 Å². The van der Waals surface area contributed by atoms with Crippen molar-refractivity contribution >= 4 is 0 Å². The maximum atomic E-state index is 13.0. The van der Waals surface area contributed by atoms with Gasteiger partial charge in [0.05, 0.1) is 18.1 Å². The van der Waals surface area contributed by atoms with E-state index in [9.17, 15) is 9.50 Å². The molecule has 1 aromatic heterocycles. The van der Waals surface area contributed by atoms with Crippen molar-refractivity contribution in [3.05, 3.63) is 59.8 Å². The molecule has 0 amide bonds. The van der Waals surface area contributed by atoms with Crippen LogP contribution in [-0.4, -0.2) is 5.11 Å². The van der Waals surface area contributed by atoms with E-state index in [2.05, 4.69) is 0 Å². The fourth-order valence-corrected chi connectivity index (χ4v) is 1.72. The first-order valence-corrected chi connectivity index (χ1v) is 5.07. The van der Waals surface area contributed by atoms with Crippen LogP contribution in [0.1, 0.15) is 18.1 Å². The van der Waals surface area contributed by atoms with Crippen molar-refractivity contribution in [2.75, 3.05) is 0 Å². The molecule has 0 spiro atoms. The van der Waals surface area contributed by atoms with E-state index in [0.29, 0.717) is 12.0 Å². The van der Waals surface area contributed by atoms with Gasteiger partial charge >= 0.3 is 0 Å². The summed E-state index contributed by atoms with van der Waals surface area (Å²) < 4.78 is 17.9. The minimum atomic E-state index is -1.04.